The van der Waals surface area contributed by atoms with Crippen LogP contribution in [0.2, 0.25) is 0 Å². The molecule has 0 saturated carbocycles. The summed E-state index contributed by atoms with van der Waals surface area (Å²) in [5, 5.41) is 13.2. The van der Waals surface area contributed by atoms with E-state index in [2.05, 4.69) is 16.2 Å². The first kappa shape index (κ1) is 10.4. The molecule has 0 atom stereocenters. The topological polar surface area (TPSA) is 54.5 Å². The number of hydrogen-bond acceptors (Lipinski definition) is 3. The third kappa shape index (κ3) is 1.94. The van der Waals surface area contributed by atoms with Crippen LogP contribution in [0.1, 0.15) is 12.5 Å². The molecule has 0 aliphatic heterocycles. The van der Waals surface area contributed by atoms with Crippen molar-refractivity contribution in [3.05, 3.63) is 36.2 Å². The first-order valence-electron chi connectivity index (χ1n) is 5.20. The summed E-state index contributed by atoms with van der Waals surface area (Å²) in [4.78, 5) is 4.25. The van der Waals surface area contributed by atoms with Crippen molar-refractivity contribution in [2.24, 2.45) is 0 Å². The normalized spacial score (nSPS) is 10.0. The molecule has 80 valence electrons. The van der Waals surface area contributed by atoms with Gasteiger partial charge in [0.25, 0.3) is 0 Å². The fraction of sp³-hybridized carbons (Fsp3) is 0.250. The molecule has 0 amide bonds. The summed E-state index contributed by atoms with van der Waals surface area (Å²) >= 11 is 0. The smallest absolute Gasteiger partial charge is 0.115 e. The molecule has 0 N–H and O–H groups in total. The number of hydrogen-bond donors (Lipinski definition) is 0. The van der Waals surface area contributed by atoms with E-state index in [-0.39, 0.29) is 0 Å². The van der Waals surface area contributed by atoms with Gasteiger partial charge in [-0.1, -0.05) is 6.07 Å². The molecule has 0 spiro atoms. The van der Waals surface area contributed by atoms with Gasteiger partial charge in [-0.05, 0) is 19.1 Å². The monoisotopic (exact) mass is 212 g/mol. The fourth-order valence-corrected chi connectivity index (χ4v) is 1.56. The van der Waals surface area contributed by atoms with Crippen LogP contribution >= 0.6 is 0 Å². The van der Waals surface area contributed by atoms with Gasteiger partial charge in [0.1, 0.15) is 5.69 Å². The van der Waals surface area contributed by atoms with Crippen LogP contribution in [0.15, 0.2) is 30.6 Å². The number of pyridine rings is 1. The van der Waals surface area contributed by atoms with Crippen LogP contribution in [0.4, 0.5) is 0 Å². The van der Waals surface area contributed by atoms with Crippen molar-refractivity contribution in [3.8, 4) is 17.5 Å². The molecular weight excluding hydrogens is 200 g/mol. The predicted molar refractivity (Wildman–Crippen MR) is 60.4 cm³/mol. The molecule has 0 radical (unpaired) electrons. The number of nitriles is 1. The van der Waals surface area contributed by atoms with E-state index in [0.29, 0.717) is 6.42 Å². The van der Waals surface area contributed by atoms with Crippen molar-refractivity contribution in [3.63, 3.8) is 0 Å². The van der Waals surface area contributed by atoms with Crippen LogP contribution in [0.25, 0.3) is 11.4 Å². The lowest BCUT2D eigenvalue weighted by Gasteiger charge is -1.96. The Hall–Kier alpha value is -2.15. The Kier molecular flexibility index (Phi) is 2.97. The third-order valence-electron chi connectivity index (χ3n) is 2.34. The van der Waals surface area contributed by atoms with E-state index in [1.165, 1.54) is 0 Å². The molecule has 0 fully saturated rings. The van der Waals surface area contributed by atoms with Crippen LogP contribution in [0, 0.1) is 11.3 Å². The standard InChI is InChI=1S/C12H12N4/c1-2-16-9-10(6-7-13)12(15-16)11-5-3-4-8-14-11/h3-5,8-9H,2,6H2,1H3. The molecule has 16 heavy (non-hydrogen) atoms. The molecule has 0 aliphatic rings. The lowest BCUT2D eigenvalue weighted by Crippen LogP contribution is -1.94. The van der Waals surface area contributed by atoms with Gasteiger partial charge in [-0.2, -0.15) is 10.4 Å². The van der Waals surface area contributed by atoms with Crippen molar-refractivity contribution in [2.75, 3.05) is 0 Å². The van der Waals surface area contributed by atoms with Gasteiger partial charge in [-0.25, -0.2) is 0 Å². The number of nitrogens with zero attached hydrogens (tertiary/aromatic N) is 4. The predicted octanol–water partition coefficient (Wildman–Crippen LogP) is 2.03. The maximum atomic E-state index is 8.77. The molecule has 2 aromatic heterocycles. The maximum Gasteiger partial charge on any atom is 0.115 e. The quantitative estimate of drug-likeness (QED) is 0.782. The summed E-state index contributed by atoms with van der Waals surface area (Å²) in [5.41, 5.74) is 2.56. The molecule has 0 saturated heterocycles. The average molecular weight is 212 g/mol. The first-order valence-corrected chi connectivity index (χ1v) is 5.20. The van der Waals surface area contributed by atoms with Crippen LogP contribution in [-0.2, 0) is 13.0 Å². The zero-order chi connectivity index (χ0) is 11.4. The summed E-state index contributed by atoms with van der Waals surface area (Å²) in [6.45, 7) is 2.82. The molecule has 0 bridgehead atoms. The Labute approximate surface area is 94.2 Å². The van der Waals surface area contributed by atoms with Crippen molar-refractivity contribution in [1.82, 2.24) is 14.8 Å². The Morgan fingerprint density at radius 2 is 2.31 bits per heavy atom. The number of aryl methyl sites for hydroxylation is 1. The number of rotatable bonds is 3. The molecule has 4 nitrogen and oxygen atoms in total. The third-order valence-corrected chi connectivity index (χ3v) is 2.34. The first-order chi connectivity index (χ1) is 7.85. The zero-order valence-corrected chi connectivity index (χ0v) is 9.09. The molecule has 4 heteroatoms. The van der Waals surface area contributed by atoms with Crippen LogP contribution < -0.4 is 0 Å². The van der Waals surface area contributed by atoms with Gasteiger partial charge in [-0.3, -0.25) is 9.67 Å². The second kappa shape index (κ2) is 4.58. The van der Waals surface area contributed by atoms with Crippen LogP contribution in [0.3, 0.4) is 0 Å². The van der Waals surface area contributed by atoms with E-state index in [4.69, 9.17) is 5.26 Å². The summed E-state index contributed by atoms with van der Waals surface area (Å²) in [6, 6.07) is 7.84. The SMILES string of the molecule is CCn1cc(CC#N)c(-c2ccccn2)n1. The van der Waals surface area contributed by atoms with Crippen molar-refractivity contribution >= 4 is 0 Å². The van der Waals surface area contributed by atoms with Crippen molar-refractivity contribution in [2.45, 2.75) is 19.9 Å². The largest absolute Gasteiger partial charge is 0.272 e. The van der Waals surface area contributed by atoms with Gasteiger partial charge in [0.2, 0.25) is 0 Å². The van der Waals surface area contributed by atoms with Gasteiger partial charge in [0.05, 0.1) is 18.2 Å². The highest BCUT2D eigenvalue weighted by atomic mass is 15.3. The highest BCUT2D eigenvalue weighted by Gasteiger charge is 2.10. The highest BCUT2D eigenvalue weighted by molar-refractivity contribution is 5.58. The van der Waals surface area contributed by atoms with Gasteiger partial charge in [-0.15, -0.1) is 0 Å². The van der Waals surface area contributed by atoms with Gasteiger partial charge in [0.15, 0.2) is 0 Å². The van der Waals surface area contributed by atoms with E-state index in [1.807, 2.05) is 36.0 Å². The minimum atomic E-state index is 0.367. The Balaban J connectivity index is 2.47. The van der Waals surface area contributed by atoms with Crippen LogP contribution in [0.5, 0.6) is 0 Å². The van der Waals surface area contributed by atoms with Gasteiger partial charge in [0, 0.05) is 24.5 Å². The molecule has 0 aliphatic carbocycles. The lowest BCUT2D eigenvalue weighted by molar-refractivity contribution is 0.661. The average Bonchev–Trinajstić information content (AvgIpc) is 2.74. The summed E-state index contributed by atoms with van der Waals surface area (Å²) in [5.74, 6) is 0. The fourth-order valence-electron chi connectivity index (χ4n) is 1.56. The second-order valence-corrected chi connectivity index (χ2v) is 3.41. The summed E-state index contributed by atoms with van der Waals surface area (Å²) in [6.07, 6.45) is 4.01. The van der Waals surface area contributed by atoms with E-state index in [1.54, 1.807) is 6.20 Å². The second-order valence-electron chi connectivity index (χ2n) is 3.41. The van der Waals surface area contributed by atoms with Gasteiger partial charge >= 0.3 is 0 Å². The molecule has 0 aromatic carbocycles. The van der Waals surface area contributed by atoms with Crippen molar-refractivity contribution in [1.29, 1.82) is 5.26 Å². The minimum Gasteiger partial charge on any atom is -0.272 e. The molecule has 0 unspecified atom stereocenters. The van der Waals surface area contributed by atoms with E-state index < -0.39 is 0 Å². The van der Waals surface area contributed by atoms with Gasteiger partial charge < -0.3 is 0 Å². The lowest BCUT2D eigenvalue weighted by atomic mass is 10.1. The highest BCUT2D eigenvalue weighted by Crippen LogP contribution is 2.19. The van der Waals surface area contributed by atoms with E-state index in [9.17, 15) is 0 Å². The van der Waals surface area contributed by atoms with Crippen molar-refractivity contribution < 1.29 is 0 Å². The van der Waals surface area contributed by atoms with E-state index >= 15 is 0 Å². The van der Waals surface area contributed by atoms with E-state index in [0.717, 1.165) is 23.5 Å². The maximum absolute atomic E-state index is 8.77. The Morgan fingerprint density at radius 3 is 2.94 bits per heavy atom. The molecule has 2 aromatic rings. The number of aromatic nitrogens is 3. The Morgan fingerprint density at radius 1 is 1.44 bits per heavy atom. The van der Waals surface area contributed by atoms with Crippen LogP contribution in [-0.4, -0.2) is 14.8 Å². The summed E-state index contributed by atoms with van der Waals surface area (Å²) < 4.78 is 1.83. The molecular formula is C12H12N4. The molecule has 2 heterocycles. The minimum absolute atomic E-state index is 0.367. The summed E-state index contributed by atoms with van der Waals surface area (Å²) in [7, 11) is 0. The zero-order valence-electron chi connectivity index (χ0n) is 9.09. The molecule has 2 rings (SSSR count). The Bertz CT molecular complexity index is 508.